The van der Waals surface area contributed by atoms with Crippen molar-refractivity contribution >= 4 is 5.84 Å². The van der Waals surface area contributed by atoms with Crippen molar-refractivity contribution in [1.29, 1.82) is 0 Å². The summed E-state index contributed by atoms with van der Waals surface area (Å²) in [7, 11) is 0. The molecule has 1 spiro atoms. The predicted molar refractivity (Wildman–Crippen MR) is 82.4 cm³/mol. The Morgan fingerprint density at radius 2 is 1.87 bits per heavy atom. The van der Waals surface area contributed by atoms with Crippen LogP contribution in [0.3, 0.4) is 0 Å². The van der Waals surface area contributed by atoms with E-state index < -0.39 is 5.72 Å². The fourth-order valence-corrected chi connectivity index (χ4v) is 3.71. The first-order chi connectivity index (χ1) is 11.3. The Morgan fingerprint density at radius 1 is 1.09 bits per heavy atom. The first-order valence-corrected chi connectivity index (χ1v) is 7.98. The summed E-state index contributed by atoms with van der Waals surface area (Å²) in [6.07, 6.45) is 2.25. The van der Waals surface area contributed by atoms with Crippen LogP contribution in [0.2, 0.25) is 0 Å². The summed E-state index contributed by atoms with van der Waals surface area (Å²) in [5, 5.41) is 8.22. The molecule has 0 saturated carbocycles. The van der Waals surface area contributed by atoms with Gasteiger partial charge in [0.2, 0.25) is 17.5 Å². The van der Waals surface area contributed by atoms with Crippen LogP contribution >= 0.6 is 0 Å². The van der Waals surface area contributed by atoms with Gasteiger partial charge in [-0.3, -0.25) is 4.90 Å². The molecule has 4 aliphatic heterocycles. The van der Waals surface area contributed by atoms with Gasteiger partial charge in [0.15, 0.2) is 0 Å². The zero-order valence-corrected chi connectivity index (χ0v) is 12.6. The molecule has 0 aliphatic carbocycles. The molecule has 3 saturated heterocycles. The van der Waals surface area contributed by atoms with Crippen molar-refractivity contribution < 1.29 is 9.25 Å². The van der Waals surface area contributed by atoms with E-state index >= 15 is 0 Å². The number of aliphatic imine (C=N–C) groups is 1. The third-order valence-corrected chi connectivity index (χ3v) is 4.95. The van der Waals surface area contributed by atoms with Gasteiger partial charge in [-0.1, -0.05) is 18.2 Å². The van der Waals surface area contributed by atoms with Crippen LogP contribution in [0.15, 0.2) is 39.7 Å². The molecular weight excluding hydrogens is 294 g/mol. The molecule has 5 heterocycles. The fraction of sp³-hybridized carbons (Fsp3) is 0.438. The normalized spacial score (nSPS) is 32.1. The number of fused-ring (bicyclic) bond motifs is 2. The molecule has 1 N–H and O–H groups in total. The Morgan fingerprint density at radius 3 is 2.61 bits per heavy atom. The van der Waals surface area contributed by atoms with E-state index in [0.717, 1.165) is 38.0 Å². The van der Waals surface area contributed by atoms with E-state index in [9.17, 15) is 0 Å². The van der Waals surface area contributed by atoms with Gasteiger partial charge in [-0.15, -0.1) is 10.2 Å². The summed E-state index contributed by atoms with van der Waals surface area (Å²) in [6.45, 7) is 3.10. The molecule has 1 aromatic carbocycles. The molecule has 6 rings (SSSR count). The number of rotatable bonds is 2. The van der Waals surface area contributed by atoms with E-state index in [-0.39, 0.29) is 0 Å². The number of piperidine rings is 3. The second kappa shape index (κ2) is 4.87. The first kappa shape index (κ1) is 13.2. The molecule has 1 atom stereocenters. The number of hydrogen-bond donors (Lipinski definition) is 1. The third-order valence-electron chi connectivity index (χ3n) is 4.95. The Labute approximate surface area is 133 Å². The van der Waals surface area contributed by atoms with Gasteiger partial charge in [-0.05, 0) is 38.1 Å². The van der Waals surface area contributed by atoms with Gasteiger partial charge in [0, 0.05) is 11.5 Å². The SMILES string of the molecule is c1ccc(-c2nnc(C3=NC4(CN5CCC4CC5)ON3)o2)cc1. The number of aromatic nitrogens is 2. The summed E-state index contributed by atoms with van der Waals surface area (Å²) >= 11 is 0. The molecule has 0 radical (unpaired) electrons. The second-order valence-corrected chi connectivity index (χ2v) is 6.34. The molecule has 1 unspecified atom stereocenters. The zero-order valence-electron chi connectivity index (χ0n) is 12.6. The lowest BCUT2D eigenvalue weighted by Gasteiger charge is -2.47. The third kappa shape index (κ3) is 2.08. The van der Waals surface area contributed by atoms with E-state index in [1.54, 1.807) is 0 Å². The van der Waals surface area contributed by atoms with Crippen molar-refractivity contribution in [3.63, 3.8) is 0 Å². The van der Waals surface area contributed by atoms with Crippen molar-refractivity contribution in [2.75, 3.05) is 19.6 Å². The van der Waals surface area contributed by atoms with Gasteiger partial charge in [-0.25, -0.2) is 15.3 Å². The molecular formula is C16H17N5O2. The maximum absolute atomic E-state index is 5.87. The van der Waals surface area contributed by atoms with Crippen LogP contribution in [-0.4, -0.2) is 46.3 Å². The quantitative estimate of drug-likeness (QED) is 0.904. The van der Waals surface area contributed by atoms with Crippen LogP contribution in [-0.2, 0) is 4.84 Å². The second-order valence-electron chi connectivity index (χ2n) is 6.34. The van der Waals surface area contributed by atoms with E-state index in [1.807, 2.05) is 30.3 Å². The maximum atomic E-state index is 5.87. The molecule has 7 heteroatoms. The number of benzene rings is 1. The minimum absolute atomic E-state index is 0.372. The Kier molecular flexibility index (Phi) is 2.80. The number of nitrogens with one attached hydrogen (secondary N) is 1. The zero-order chi connectivity index (χ0) is 15.3. The van der Waals surface area contributed by atoms with E-state index in [4.69, 9.17) is 14.2 Å². The van der Waals surface area contributed by atoms with Gasteiger partial charge in [0.1, 0.15) is 0 Å². The molecule has 1 aromatic heterocycles. The van der Waals surface area contributed by atoms with Gasteiger partial charge >= 0.3 is 0 Å². The highest BCUT2D eigenvalue weighted by Crippen LogP contribution is 2.40. The summed E-state index contributed by atoms with van der Waals surface area (Å²) in [4.78, 5) is 13.1. The molecule has 7 nitrogen and oxygen atoms in total. The number of nitrogens with zero attached hydrogens (tertiary/aromatic N) is 4. The van der Waals surface area contributed by atoms with Crippen LogP contribution < -0.4 is 5.48 Å². The van der Waals surface area contributed by atoms with Crippen molar-refractivity contribution in [1.82, 2.24) is 20.6 Å². The largest absolute Gasteiger partial charge is 0.413 e. The van der Waals surface area contributed by atoms with Crippen molar-refractivity contribution in [2.45, 2.75) is 18.6 Å². The molecule has 3 fully saturated rings. The Bertz CT molecular complexity index is 751. The summed E-state index contributed by atoms with van der Waals surface area (Å²) in [5.41, 5.74) is 3.31. The first-order valence-electron chi connectivity index (χ1n) is 7.98. The summed E-state index contributed by atoms with van der Waals surface area (Å²) in [6, 6.07) is 9.71. The van der Waals surface area contributed by atoms with Gasteiger partial charge in [-0.2, -0.15) is 0 Å². The Balaban J connectivity index is 1.45. The minimum atomic E-state index is -0.493. The molecule has 23 heavy (non-hydrogen) atoms. The molecule has 4 aliphatic rings. The summed E-state index contributed by atoms with van der Waals surface area (Å²) in [5.74, 6) is 1.85. The van der Waals surface area contributed by atoms with Crippen molar-refractivity contribution in [2.24, 2.45) is 10.9 Å². The minimum Gasteiger partial charge on any atom is -0.413 e. The van der Waals surface area contributed by atoms with Gasteiger partial charge in [0.25, 0.3) is 5.89 Å². The molecule has 118 valence electrons. The van der Waals surface area contributed by atoms with E-state index in [0.29, 0.717) is 23.5 Å². The molecule has 0 amide bonds. The van der Waals surface area contributed by atoms with E-state index in [1.165, 1.54) is 0 Å². The van der Waals surface area contributed by atoms with Crippen LogP contribution in [0.5, 0.6) is 0 Å². The fourth-order valence-electron chi connectivity index (χ4n) is 3.71. The Hall–Kier alpha value is -2.25. The average Bonchev–Trinajstić information content (AvgIpc) is 3.25. The number of hydroxylamine groups is 1. The molecule has 2 bridgehead atoms. The number of amidine groups is 1. The van der Waals surface area contributed by atoms with Gasteiger partial charge < -0.3 is 4.42 Å². The predicted octanol–water partition coefficient (Wildman–Crippen LogP) is 1.44. The summed E-state index contributed by atoms with van der Waals surface area (Å²) < 4.78 is 5.76. The number of hydrogen-bond acceptors (Lipinski definition) is 7. The smallest absolute Gasteiger partial charge is 0.285 e. The van der Waals surface area contributed by atoms with Crippen LogP contribution in [0.1, 0.15) is 18.7 Å². The standard InChI is InChI=1S/C16H17N5O2/c1-2-4-11(5-3-1)14-18-19-15(22-14)13-17-16(23-20-13)10-21-8-6-12(16)7-9-21/h1-5,12H,6-10H2,(H,17,20). The lowest BCUT2D eigenvalue weighted by atomic mass is 9.81. The van der Waals surface area contributed by atoms with E-state index in [2.05, 4.69) is 20.6 Å². The topological polar surface area (TPSA) is 75.8 Å². The van der Waals surface area contributed by atoms with Crippen LogP contribution in [0, 0.1) is 5.92 Å². The van der Waals surface area contributed by atoms with Crippen molar-refractivity contribution in [3.05, 3.63) is 36.2 Å². The maximum Gasteiger partial charge on any atom is 0.285 e. The monoisotopic (exact) mass is 311 g/mol. The highest BCUT2D eigenvalue weighted by molar-refractivity contribution is 5.95. The molecule has 2 aromatic rings. The van der Waals surface area contributed by atoms with Crippen LogP contribution in [0.4, 0.5) is 0 Å². The van der Waals surface area contributed by atoms with Crippen molar-refractivity contribution in [3.8, 4) is 11.5 Å². The van der Waals surface area contributed by atoms with Gasteiger partial charge in [0.05, 0.1) is 6.54 Å². The lowest BCUT2D eigenvalue weighted by Crippen LogP contribution is -2.58. The highest BCUT2D eigenvalue weighted by atomic mass is 16.7. The lowest BCUT2D eigenvalue weighted by molar-refractivity contribution is -0.155. The average molecular weight is 311 g/mol. The van der Waals surface area contributed by atoms with Crippen LogP contribution in [0.25, 0.3) is 11.5 Å². The highest BCUT2D eigenvalue weighted by Gasteiger charge is 2.51.